The lowest BCUT2D eigenvalue weighted by Crippen LogP contribution is -2.56. The van der Waals surface area contributed by atoms with Gasteiger partial charge in [0.2, 0.25) is 0 Å². The van der Waals surface area contributed by atoms with E-state index in [1.807, 2.05) is 0 Å². The zero-order chi connectivity index (χ0) is 55.0. The van der Waals surface area contributed by atoms with Crippen molar-refractivity contribution >= 4 is 144 Å². The molecule has 7 heterocycles. The van der Waals surface area contributed by atoms with Gasteiger partial charge in [0, 0.05) is 39.4 Å². The maximum absolute atomic E-state index is 6.81. The Morgan fingerprint density at radius 2 is 0.598 bits per heavy atom. The summed E-state index contributed by atoms with van der Waals surface area (Å²) >= 11 is 27.2. The van der Waals surface area contributed by atoms with E-state index in [0.717, 1.165) is 98.4 Å². The monoisotopic (exact) mass is 1190 g/mol. The van der Waals surface area contributed by atoms with Gasteiger partial charge in [0.15, 0.2) is 30.7 Å². The SMILES string of the molecule is S=C1N2CC(CCCCOCc3ccccc3)CN3C(=S)N4Cc5c6ccccc6c(c6ccccc56)CN5C(=S)N6CC(CCCCOCc7ccccc7)CN7C(=S)N(Cc8c9ccccc9c(c9ccccc89)CN1S4=C23)S5=C76. The van der Waals surface area contributed by atoms with Crippen LogP contribution in [0, 0.1) is 11.8 Å². The highest BCUT2D eigenvalue weighted by Crippen LogP contribution is 2.52. The summed E-state index contributed by atoms with van der Waals surface area (Å²) in [7, 11) is -1.20. The Morgan fingerprint density at radius 3 is 0.866 bits per heavy atom. The van der Waals surface area contributed by atoms with E-state index >= 15 is 0 Å². The molecule has 4 bridgehead atoms. The average Bonchev–Trinajstić information content (AvgIpc) is 2.43. The second kappa shape index (κ2) is 22.2. The van der Waals surface area contributed by atoms with Crippen LogP contribution in [0.4, 0.5) is 0 Å². The number of nitrogens with zero attached hydrogens (tertiary/aromatic N) is 8. The Hall–Kier alpha value is -6.08. The van der Waals surface area contributed by atoms with Crippen LogP contribution in [-0.2, 0) is 48.9 Å². The minimum atomic E-state index is -0.602. The zero-order valence-corrected chi connectivity index (χ0v) is 50.6. The van der Waals surface area contributed by atoms with E-state index in [2.05, 4.69) is 195 Å². The number of rotatable bonds is 14. The minimum Gasteiger partial charge on any atom is -0.377 e. The highest BCUT2D eigenvalue weighted by atomic mass is 32.2. The van der Waals surface area contributed by atoms with Gasteiger partial charge in [0.1, 0.15) is 0 Å². The summed E-state index contributed by atoms with van der Waals surface area (Å²) in [5.74, 6) is 0.770. The average molecular weight is 1190 g/mol. The molecular weight excluding hydrogens is 1130 g/mol. The highest BCUT2D eigenvalue weighted by molar-refractivity contribution is 8.15. The third-order valence-corrected chi connectivity index (χ3v) is 24.3. The van der Waals surface area contributed by atoms with Crippen molar-refractivity contribution < 1.29 is 9.47 Å². The van der Waals surface area contributed by atoms with Crippen molar-refractivity contribution in [2.45, 2.75) is 77.9 Å². The number of fused-ring (bicyclic) bond motifs is 6. The van der Waals surface area contributed by atoms with Crippen molar-refractivity contribution in [3.63, 3.8) is 0 Å². The van der Waals surface area contributed by atoms with E-state index in [4.69, 9.17) is 58.3 Å². The summed E-state index contributed by atoms with van der Waals surface area (Å²) in [6.07, 6.45) is 6.34. The predicted molar refractivity (Wildman–Crippen MR) is 354 cm³/mol. The molecule has 8 aromatic rings. The quantitative estimate of drug-likeness (QED) is 0.0590. The van der Waals surface area contributed by atoms with Crippen LogP contribution in [-0.4, -0.2) is 107 Å². The van der Waals surface area contributed by atoms with E-state index in [9.17, 15) is 0 Å². The first-order valence-electron chi connectivity index (χ1n) is 29.0. The predicted octanol–water partition coefficient (Wildman–Crippen LogP) is 14.0. The van der Waals surface area contributed by atoms with Crippen LogP contribution in [0.15, 0.2) is 158 Å². The van der Waals surface area contributed by atoms with Gasteiger partial charge in [-0.15, -0.1) is 0 Å². The van der Waals surface area contributed by atoms with Crippen LogP contribution >= 0.6 is 70.6 Å². The molecule has 7 aliphatic heterocycles. The standard InChI is InChI=1S/C66H64N8O2S6/c77-61-67-35-47(23-15-17-33-75-43-45-19-3-1-4-20-45)36-68-62(78)72-40-58-51-27-9-13-31-55(51)60(56-32-14-10-28-52(56)58)42-74-64(80)70-38-48(24-16-18-34-76-44-46-21-5-2-6-22-46)37-69-63(79)73(82(74)66(69)70)41-59-53-29-11-7-25-49(53)57(39-71(61)81(72)65(67)68)50-26-8-12-30-54(50)59/h1-14,19-22,25-32,47-48H,15-18,23-24,33-44H2. The smallest absolute Gasteiger partial charge is 0.189 e. The molecule has 8 aromatic carbocycles. The number of hydrogen-bond donors (Lipinski definition) is 0. The number of benzene rings is 8. The third kappa shape index (κ3) is 9.09. The first-order chi connectivity index (χ1) is 40.4. The Bertz CT molecular complexity index is 3420. The third-order valence-electron chi connectivity index (χ3n) is 17.7. The summed E-state index contributed by atoms with van der Waals surface area (Å²) in [6, 6.07) is 57.3. The minimum absolute atomic E-state index is 0.385. The lowest BCUT2D eigenvalue weighted by Gasteiger charge is -2.41. The molecule has 7 aliphatic rings. The van der Waals surface area contributed by atoms with E-state index in [-0.39, 0.29) is 0 Å². The molecule has 15 rings (SSSR count). The maximum atomic E-state index is 6.81. The van der Waals surface area contributed by atoms with Crippen molar-refractivity contribution in [1.29, 1.82) is 0 Å². The molecule has 16 heteroatoms. The lowest BCUT2D eigenvalue weighted by atomic mass is 9.91. The van der Waals surface area contributed by atoms with Crippen LogP contribution in [0.25, 0.3) is 43.1 Å². The van der Waals surface area contributed by atoms with Gasteiger partial charge in [-0.25, -0.2) is 0 Å². The molecule has 0 radical (unpaired) electrons. The van der Waals surface area contributed by atoms with E-state index < -0.39 is 21.7 Å². The largest absolute Gasteiger partial charge is 0.377 e. The summed E-state index contributed by atoms with van der Waals surface area (Å²) in [5.41, 5.74) is 7.55. The van der Waals surface area contributed by atoms with Crippen molar-refractivity contribution in [3.05, 3.63) is 191 Å². The van der Waals surface area contributed by atoms with Gasteiger partial charge in [-0.05, 0) is 163 Å². The number of unbranched alkanes of at least 4 members (excludes halogenated alkanes) is 2. The van der Waals surface area contributed by atoms with Gasteiger partial charge in [0.25, 0.3) is 0 Å². The summed E-state index contributed by atoms with van der Waals surface area (Å²) < 4.78 is 22.5. The fraction of sp³-hybridized carbons (Fsp3) is 0.303. The lowest BCUT2D eigenvalue weighted by molar-refractivity contribution is 0.115. The summed E-state index contributed by atoms with van der Waals surface area (Å²) in [4.78, 5) is 9.88. The Kier molecular flexibility index (Phi) is 14.2. The maximum Gasteiger partial charge on any atom is 0.189 e. The zero-order valence-electron chi connectivity index (χ0n) is 45.7. The normalized spacial score (nSPS) is 19.9. The number of ether oxygens (including phenoxy) is 2. The summed E-state index contributed by atoms with van der Waals surface area (Å²) in [6.45, 7) is 8.83. The molecule has 0 aromatic heterocycles. The molecule has 0 unspecified atom stereocenters. The van der Waals surface area contributed by atoms with Gasteiger partial charge in [0.05, 0.1) is 61.1 Å². The van der Waals surface area contributed by atoms with E-state index in [1.54, 1.807) is 0 Å². The fourth-order valence-corrected chi connectivity index (χ4v) is 20.5. The second-order valence-electron chi connectivity index (χ2n) is 22.7. The molecule has 10 nitrogen and oxygen atoms in total. The topological polar surface area (TPSA) is 44.4 Å². The molecule has 0 spiro atoms. The number of hydrogen-bond acceptors (Lipinski definition) is 6. The van der Waals surface area contributed by atoms with E-state index in [1.165, 1.54) is 86.7 Å². The first kappa shape index (κ1) is 52.7. The van der Waals surface area contributed by atoms with Gasteiger partial charge >= 0.3 is 0 Å². The molecule has 2 fully saturated rings. The molecular formula is C66H64N8O2S6. The highest BCUT2D eigenvalue weighted by Gasteiger charge is 2.53. The van der Waals surface area contributed by atoms with Crippen molar-refractivity contribution in [3.8, 4) is 0 Å². The van der Waals surface area contributed by atoms with Crippen molar-refractivity contribution in [1.82, 2.24) is 36.8 Å². The first-order valence-corrected chi connectivity index (χ1v) is 32.9. The van der Waals surface area contributed by atoms with Gasteiger partial charge in [-0.3, -0.25) is 36.8 Å². The molecule has 0 aliphatic carbocycles. The van der Waals surface area contributed by atoms with Crippen LogP contribution in [0.2, 0.25) is 0 Å². The summed E-state index contributed by atoms with van der Waals surface area (Å²) in [5, 5.41) is 16.0. The van der Waals surface area contributed by atoms with Crippen molar-refractivity contribution in [2.75, 3.05) is 39.4 Å². The van der Waals surface area contributed by atoms with Crippen LogP contribution < -0.4 is 0 Å². The van der Waals surface area contributed by atoms with E-state index in [0.29, 0.717) is 51.2 Å². The Labute approximate surface area is 507 Å². The van der Waals surface area contributed by atoms with Crippen molar-refractivity contribution in [2.24, 2.45) is 11.8 Å². The molecule has 82 heavy (non-hydrogen) atoms. The van der Waals surface area contributed by atoms with Crippen LogP contribution in [0.5, 0.6) is 0 Å². The molecule has 2 saturated heterocycles. The fourth-order valence-electron chi connectivity index (χ4n) is 13.8. The van der Waals surface area contributed by atoms with Crippen LogP contribution in [0.3, 0.4) is 0 Å². The van der Waals surface area contributed by atoms with Crippen LogP contribution in [0.1, 0.15) is 71.9 Å². The van der Waals surface area contributed by atoms with Gasteiger partial charge in [-0.2, -0.15) is 0 Å². The number of thiocarbonyl (C=S) groups is 4. The van der Waals surface area contributed by atoms with Gasteiger partial charge < -0.3 is 9.47 Å². The van der Waals surface area contributed by atoms with Gasteiger partial charge in [-0.1, -0.05) is 171 Å². The Morgan fingerprint density at radius 1 is 0.341 bits per heavy atom. The molecule has 416 valence electrons. The molecule has 0 saturated carbocycles. The molecule has 0 N–H and O–H groups in total. The Balaban J connectivity index is 0.819. The molecule has 0 amide bonds. The second-order valence-corrected chi connectivity index (χ2v) is 27.7. The molecule has 0 atom stereocenters.